The van der Waals surface area contributed by atoms with E-state index in [4.69, 9.17) is 9.47 Å². The van der Waals surface area contributed by atoms with Gasteiger partial charge < -0.3 is 20.1 Å². The van der Waals surface area contributed by atoms with Crippen molar-refractivity contribution in [2.45, 2.75) is 23.6 Å². The molecule has 4 rings (SSSR count). The Hall–Kier alpha value is -5.15. The maximum absolute atomic E-state index is 13.7. The molecule has 2 amide bonds. The number of amides is 2. The molecule has 220 valence electrons. The smallest absolute Gasteiger partial charge is 0.221 e. The molecule has 2 N–H and O–H groups in total. The van der Waals surface area contributed by atoms with Crippen molar-refractivity contribution in [2.75, 3.05) is 24.9 Å². The van der Waals surface area contributed by atoms with Crippen LogP contribution in [0.5, 0.6) is 11.5 Å². The van der Waals surface area contributed by atoms with Crippen LogP contribution in [-0.2, 0) is 19.4 Å². The number of sulfone groups is 1. The molecule has 0 spiro atoms. The number of hydrogen-bond acceptors (Lipinski definition) is 6. The Kier molecular flexibility index (Phi) is 9.80. The molecular weight excluding hydrogens is 564 g/mol. The zero-order valence-corrected chi connectivity index (χ0v) is 25.1. The van der Waals surface area contributed by atoms with Crippen LogP contribution >= 0.6 is 0 Å². The normalized spacial score (nSPS) is 11.4. The first-order valence-corrected chi connectivity index (χ1v) is 14.8. The van der Waals surface area contributed by atoms with E-state index in [1.807, 2.05) is 60.7 Å². The van der Waals surface area contributed by atoms with E-state index in [-0.39, 0.29) is 21.6 Å². The SMILES string of the molecule is COc1ccc(C=Cc2ccc(S(=O)(=O)c3ccc(C=Cc4ccc(OC)cc4)c(NC(C)=O)c3)cc2NC(C)=O)cc1. The van der Waals surface area contributed by atoms with Crippen LogP contribution in [0.1, 0.15) is 36.1 Å². The number of methoxy groups -OCH3 is 2. The van der Waals surface area contributed by atoms with E-state index in [9.17, 15) is 18.0 Å². The summed E-state index contributed by atoms with van der Waals surface area (Å²) in [7, 11) is -0.830. The third-order valence-electron chi connectivity index (χ3n) is 6.43. The Morgan fingerprint density at radius 2 is 0.953 bits per heavy atom. The topological polar surface area (TPSA) is 111 Å². The largest absolute Gasteiger partial charge is 0.497 e. The number of carbonyl (C=O) groups excluding carboxylic acids is 2. The van der Waals surface area contributed by atoms with Crippen LogP contribution in [0.2, 0.25) is 0 Å². The van der Waals surface area contributed by atoms with Crippen molar-refractivity contribution in [3.8, 4) is 11.5 Å². The predicted octanol–water partition coefficient (Wildman–Crippen LogP) is 6.79. The molecule has 4 aromatic carbocycles. The molecule has 0 radical (unpaired) electrons. The van der Waals surface area contributed by atoms with Crippen LogP contribution in [0.15, 0.2) is 94.7 Å². The highest BCUT2D eigenvalue weighted by Crippen LogP contribution is 2.31. The first kappa shape index (κ1) is 30.8. The minimum absolute atomic E-state index is 0.00634. The molecular formula is C34H32N2O6S. The van der Waals surface area contributed by atoms with Crippen LogP contribution in [0, 0.1) is 0 Å². The van der Waals surface area contributed by atoms with E-state index in [1.54, 1.807) is 38.5 Å². The van der Waals surface area contributed by atoms with Gasteiger partial charge in [0.1, 0.15) is 11.5 Å². The van der Waals surface area contributed by atoms with Gasteiger partial charge in [0, 0.05) is 25.2 Å². The molecule has 0 saturated heterocycles. The zero-order chi connectivity index (χ0) is 31.0. The average molecular weight is 597 g/mol. The van der Waals surface area contributed by atoms with Crippen LogP contribution in [0.4, 0.5) is 11.4 Å². The second-order valence-electron chi connectivity index (χ2n) is 9.58. The summed E-state index contributed by atoms with van der Waals surface area (Å²) in [6.45, 7) is 2.71. The Bertz CT molecular complexity index is 1670. The number of nitrogens with one attached hydrogen (secondary N) is 2. The van der Waals surface area contributed by atoms with Gasteiger partial charge in [-0.1, -0.05) is 60.7 Å². The highest BCUT2D eigenvalue weighted by Gasteiger charge is 2.21. The van der Waals surface area contributed by atoms with Crippen molar-refractivity contribution in [1.82, 2.24) is 0 Å². The molecule has 0 bridgehead atoms. The number of carbonyl (C=O) groups is 2. The van der Waals surface area contributed by atoms with Gasteiger partial charge >= 0.3 is 0 Å². The van der Waals surface area contributed by atoms with Gasteiger partial charge in [-0.05, 0) is 70.8 Å². The highest BCUT2D eigenvalue weighted by atomic mass is 32.2. The quantitative estimate of drug-likeness (QED) is 0.195. The molecule has 0 unspecified atom stereocenters. The van der Waals surface area contributed by atoms with Crippen molar-refractivity contribution in [3.63, 3.8) is 0 Å². The lowest BCUT2D eigenvalue weighted by Gasteiger charge is -2.13. The van der Waals surface area contributed by atoms with Gasteiger partial charge in [-0.25, -0.2) is 8.42 Å². The number of hydrogen-bond donors (Lipinski definition) is 2. The summed E-state index contributed by atoms with van der Waals surface area (Å²) in [6, 6.07) is 24.0. The lowest BCUT2D eigenvalue weighted by atomic mass is 10.1. The molecule has 0 aliphatic carbocycles. The van der Waals surface area contributed by atoms with Crippen molar-refractivity contribution in [1.29, 1.82) is 0 Å². The van der Waals surface area contributed by atoms with Crippen molar-refractivity contribution in [3.05, 3.63) is 107 Å². The van der Waals surface area contributed by atoms with Gasteiger partial charge in [0.25, 0.3) is 0 Å². The van der Waals surface area contributed by atoms with Gasteiger partial charge in [0.05, 0.1) is 24.0 Å². The number of anilines is 2. The summed E-state index contributed by atoms with van der Waals surface area (Å²) in [5, 5.41) is 5.46. The number of benzene rings is 4. The van der Waals surface area contributed by atoms with E-state index >= 15 is 0 Å². The number of ether oxygens (including phenoxy) is 2. The molecule has 0 saturated carbocycles. The van der Waals surface area contributed by atoms with E-state index in [0.717, 1.165) is 22.6 Å². The van der Waals surface area contributed by atoms with Gasteiger partial charge in [-0.15, -0.1) is 0 Å². The molecule has 9 heteroatoms. The summed E-state index contributed by atoms with van der Waals surface area (Å²) in [4.78, 5) is 23.9. The van der Waals surface area contributed by atoms with Crippen LogP contribution in [0.3, 0.4) is 0 Å². The molecule has 0 aliphatic heterocycles. The zero-order valence-electron chi connectivity index (χ0n) is 24.3. The Labute approximate surface area is 251 Å². The van der Waals surface area contributed by atoms with Crippen molar-refractivity contribution >= 4 is 57.3 Å². The van der Waals surface area contributed by atoms with E-state index in [0.29, 0.717) is 22.5 Å². The second kappa shape index (κ2) is 13.7. The molecule has 0 aliphatic rings. The lowest BCUT2D eigenvalue weighted by Crippen LogP contribution is -2.10. The Morgan fingerprint density at radius 1 is 0.581 bits per heavy atom. The summed E-state index contributed by atoms with van der Waals surface area (Å²) in [5.74, 6) is 0.784. The summed E-state index contributed by atoms with van der Waals surface area (Å²) >= 11 is 0. The van der Waals surface area contributed by atoms with Gasteiger partial charge in [0.2, 0.25) is 21.7 Å². The first-order valence-electron chi connectivity index (χ1n) is 13.3. The minimum Gasteiger partial charge on any atom is -0.497 e. The maximum Gasteiger partial charge on any atom is 0.221 e. The van der Waals surface area contributed by atoms with E-state index in [1.165, 1.54) is 38.1 Å². The molecule has 0 aromatic heterocycles. The van der Waals surface area contributed by atoms with Gasteiger partial charge in [0.15, 0.2) is 0 Å². The van der Waals surface area contributed by atoms with Crippen molar-refractivity contribution < 1.29 is 27.5 Å². The highest BCUT2D eigenvalue weighted by molar-refractivity contribution is 7.91. The predicted molar refractivity (Wildman–Crippen MR) is 171 cm³/mol. The molecule has 0 heterocycles. The van der Waals surface area contributed by atoms with E-state index < -0.39 is 9.84 Å². The molecule has 0 atom stereocenters. The second-order valence-corrected chi connectivity index (χ2v) is 11.5. The number of rotatable bonds is 10. The fourth-order valence-corrected chi connectivity index (χ4v) is 5.54. The molecule has 8 nitrogen and oxygen atoms in total. The molecule has 0 fully saturated rings. The van der Waals surface area contributed by atoms with Crippen LogP contribution < -0.4 is 20.1 Å². The summed E-state index contributed by atoms with van der Waals surface area (Å²) in [6.07, 6.45) is 7.29. The molecule has 4 aromatic rings. The minimum atomic E-state index is -4.02. The summed E-state index contributed by atoms with van der Waals surface area (Å²) in [5.41, 5.74) is 3.75. The lowest BCUT2D eigenvalue weighted by molar-refractivity contribution is -0.115. The summed E-state index contributed by atoms with van der Waals surface area (Å²) < 4.78 is 37.8. The molecule has 43 heavy (non-hydrogen) atoms. The monoisotopic (exact) mass is 596 g/mol. The third-order valence-corrected chi connectivity index (χ3v) is 8.18. The van der Waals surface area contributed by atoms with Crippen LogP contribution in [0.25, 0.3) is 24.3 Å². The van der Waals surface area contributed by atoms with Gasteiger partial charge in [-0.3, -0.25) is 9.59 Å². The van der Waals surface area contributed by atoms with Gasteiger partial charge in [-0.2, -0.15) is 0 Å². The maximum atomic E-state index is 13.7. The standard InChI is InChI=1S/C34H32N2O6S/c1-23(37)35-33-21-31(19-13-27(33)11-5-25-7-15-29(41-3)16-8-25)43(39,40)32-20-14-28(34(22-32)36-24(2)38)12-6-26-9-17-30(42-4)18-10-26/h5-22H,1-4H3,(H,35,37)(H,36,38). The van der Waals surface area contributed by atoms with E-state index in [2.05, 4.69) is 10.6 Å². The first-order chi connectivity index (χ1) is 20.6. The fourth-order valence-electron chi connectivity index (χ4n) is 4.23. The fraction of sp³-hybridized carbons (Fsp3) is 0.118. The third kappa shape index (κ3) is 7.99. The average Bonchev–Trinajstić information content (AvgIpc) is 2.99. The van der Waals surface area contributed by atoms with Crippen LogP contribution in [-0.4, -0.2) is 34.5 Å². The Morgan fingerprint density at radius 3 is 1.28 bits per heavy atom. The Balaban J connectivity index is 1.67. The van der Waals surface area contributed by atoms with Crippen molar-refractivity contribution in [2.24, 2.45) is 0 Å².